The van der Waals surface area contributed by atoms with Gasteiger partial charge in [0.05, 0.1) is 12.0 Å². The first-order valence-corrected chi connectivity index (χ1v) is 8.02. The second-order valence-electron chi connectivity index (χ2n) is 5.12. The van der Waals surface area contributed by atoms with E-state index in [0.29, 0.717) is 0 Å². The van der Waals surface area contributed by atoms with Gasteiger partial charge in [0, 0.05) is 16.4 Å². The number of likely N-dealkylation sites (tertiary alicyclic amines) is 1. The third-order valence-corrected chi connectivity index (χ3v) is 5.20. The van der Waals surface area contributed by atoms with Crippen LogP contribution in [0.2, 0.25) is 5.02 Å². The van der Waals surface area contributed by atoms with Crippen molar-refractivity contribution < 1.29 is 4.79 Å². The molecular weight excluding hydrogens is 290 g/mol. The number of carbonyl (C=O) groups excluding carboxylic acids is 1. The van der Waals surface area contributed by atoms with Crippen LogP contribution in [-0.2, 0) is 4.79 Å². The molecule has 2 nitrogen and oxygen atoms in total. The quantitative estimate of drug-likeness (QED) is 0.819. The first-order valence-electron chi connectivity index (χ1n) is 6.76. The third kappa shape index (κ3) is 2.48. The number of halogens is 1. The van der Waals surface area contributed by atoms with Crippen LogP contribution >= 0.6 is 22.9 Å². The van der Waals surface area contributed by atoms with Crippen molar-refractivity contribution in [2.75, 3.05) is 6.54 Å². The normalized spacial score (nSPS) is 19.5. The zero-order valence-corrected chi connectivity index (χ0v) is 12.8. The summed E-state index contributed by atoms with van der Waals surface area (Å²) in [4.78, 5) is 15.7. The molecule has 0 spiro atoms. The molecule has 3 rings (SSSR count). The Kier molecular flexibility index (Phi) is 3.81. The van der Waals surface area contributed by atoms with E-state index in [0.717, 1.165) is 22.9 Å². The summed E-state index contributed by atoms with van der Waals surface area (Å²) in [5, 5.41) is 2.75. The Morgan fingerprint density at radius 2 is 2.10 bits per heavy atom. The largest absolute Gasteiger partial charge is 0.335 e. The summed E-state index contributed by atoms with van der Waals surface area (Å²) in [6.07, 6.45) is 1.03. The molecule has 0 saturated carbocycles. The molecule has 1 aliphatic rings. The number of nitrogens with zero attached hydrogens (tertiary/aromatic N) is 1. The minimum Gasteiger partial charge on any atom is -0.335 e. The van der Waals surface area contributed by atoms with Crippen molar-refractivity contribution in [1.82, 2.24) is 4.90 Å². The van der Waals surface area contributed by atoms with Crippen LogP contribution in [0.15, 0.2) is 41.8 Å². The van der Waals surface area contributed by atoms with Crippen molar-refractivity contribution in [3.63, 3.8) is 0 Å². The van der Waals surface area contributed by atoms with E-state index in [1.807, 2.05) is 53.6 Å². The first kappa shape index (κ1) is 13.7. The highest BCUT2D eigenvalue weighted by molar-refractivity contribution is 7.10. The molecule has 2 aromatic rings. The number of carbonyl (C=O) groups is 1. The smallest absolute Gasteiger partial charge is 0.231 e. The Balaban J connectivity index is 1.74. The lowest BCUT2D eigenvalue weighted by atomic mass is 9.92. The van der Waals surface area contributed by atoms with Crippen molar-refractivity contribution >= 4 is 28.8 Å². The lowest BCUT2D eigenvalue weighted by Gasteiger charge is -2.42. The van der Waals surface area contributed by atoms with Crippen LogP contribution in [-0.4, -0.2) is 17.4 Å². The van der Waals surface area contributed by atoms with Gasteiger partial charge < -0.3 is 4.90 Å². The zero-order chi connectivity index (χ0) is 14.1. The van der Waals surface area contributed by atoms with Crippen LogP contribution in [0.25, 0.3) is 0 Å². The Morgan fingerprint density at radius 1 is 1.35 bits per heavy atom. The molecule has 2 atom stereocenters. The molecule has 2 heterocycles. The molecule has 104 valence electrons. The Morgan fingerprint density at radius 3 is 2.65 bits per heavy atom. The average Bonchev–Trinajstić information content (AvgIpc) is 2.93. The molecule has 1 fully saturated rings. The van der Waals surface area contributed by atoms with Gasteiger partial charge in [-0.05, 0) is 42.5 Å². The fraction of sp³-hybridized carbons (Fsp3) is 0.312. The van der Waals surface area contributed by atoms with Crippen LogP contribution in [0.5, 0.6) is 0 Å². The standard InChI is InChI=1S/C16H16ClNOS/c1-11(15-3-2-10-20-15)16(19)18-9-8-14(18)12-4-6-13(17)7-5-12/h2-7,10-11,14H,8-9H2,1H3/t11-,14+/m0/s1. The predicted molar refractivity (Wildman–Crippen MR) is 83.3 cm³/mol. The van der Waals surface area contributed by atoms with E-state index < -0.39 is 0 Å². The molecule has 0 aliphatic carbocycles. The van der Waals surface area contributed by atoms with Gasteiger partial charge in [0.2, 0.25) is 5.91 Å². The van der Waals surface area contributed by atoms with Crippen molar-refractivity contribution in [3.05, 3.63) is 57.2 Å². The Labute approximate surface area is 128 Å². The lowest BCUT2D eigenvalue weighted by molar-refractivity contribution is -0.140. The molecule has 4 heteroatoms. The molecule has 0 N–H and O–H groups in total. The van der Waals surface area contributed by atoms with Gasteiger partial charge in [-0.2, -0.15) is 0 Å². The number of rotatable bonds is 3. The van der Waals surface area contributed by atoms with Crippen molar-refractivity contribution in [3.8, 4) is 0 Å². The maximum atomic E-state index is 12.6. The maximum Gasteiger partial charge on any atom is 0.231 e. The number of benzene rings is 1. The van der Waals surface area contributed by atoms with Gasteiger partial charge in [-0.25, -0.2) is 0 Å². The average molecular weight is 306 g/mol. The van der Waals surface area contributed by atoms with Crippen LogP contribution in [0, 0.1) is 0 Å². The van der Waals surface area contributed by atoms with Crippen molar-refractivity contribution in [2.24, 2.45) is 0 Å². The topological polar surface area (TPSA) is 20.3 Å². The van der Waals surface area contributed by atoms with E-state index in [9.17, 15) is 4.79 Å². The van der Waals surface area contributed by atoms with Gasteiger partial charge >= 0.3 is 0 Å². The highest BCUT2D eigenvalue weighted by Crippen LogP contribution is 2.36. The second kappa shape index (κ2) is 5.58. The molecule has 1 amide bonds. The van der Waals surface area contributed by atoms with Crippen molar-refractivity contribution in [2.45, 2.75) is 25.3 Å². The Bertz CT molecular complexity index is 593. The van der Waals surface area contributed by atoms with Gasteiger partial charge in [-0.1, -0.05) is 29.8 Å². The summed E-state index contributed by atoms with van der Waals surface area (Å²) in [5.74, 6) is 0.170. The van der Waals surface area contributed by atoms with Crippen molar-refractivity contribution in [1.29, 1.82) is 0 Å². The van der Waals surface area contributed by atoms with E-state index in [-0.39, 0.29) is 17.9 Å². The van der Waals surface area contributed by atoms with Gasteiger partial charge in [0.25, 0.3) is 0 Å². The first-order chi connectivity index (χ1) is 9.66. The van der Waals surface area contributed by atoms with Crippen LogP contribution in [0.1, 0.15) is 35.7 Å². The molecule has 1 saturated heterocycles. The van der Waals surface area contributed by atoms with Crippen LogP contribution < -0.4 is 0 Å². The van der Waals surface area contributed by atoms with Gasteiger partial charge in [-0.3, -0.25) is 4.79 Å². The molecule has 1 aromatic carbocycles. The Hall–Kier alpha value is -1.32. The van der Waals surface area contributed by atoms with Crippen LogP contribution in [0.3, 0.4) is 0 Å². The summed E-state index contributed by atoms with van der Waals surface area (Å²) < 4.78 is 0. The molecular formula is C16H16ClNOS. The summed E-state index contributed by atoms with van der Waals surface area (Å²) in [6, 6.07) is 12.1. The molecule has 0 radical (unpaired) electrons. The number of hydrogen-bond acceptors (Lipinski definition) is 2. The van der Waals surface area contributed by atoms with Gasteiger partial charge in [-0.15, -0.1) is 11.3 Å². The number of thiophene rings is 1. The van der Waals surface area contributed by atoms with E-state index in [2.05, 4.69) is 0 Å². The highest BCUT2D eigenvalue weighted by atomic mass is 35.5. The highest BCUT2D eigenvalue weighted by Gasteiger charge is 2.35. The molecule has 0 bridgehead atoms. The molecule has 0 unspecified atom stereocenters. The van der Waals surface area contributed by atoms with E-state index in [4.69, 9.17) is 11.6 Å². The second-order valence-corrected chi connectivity index (χ2v) is 6.54. The predicted octanol–water partition coefficient (Wildman–Crippen LogP) is 4.48. The van der Waals surface area contributed by atoms with Crippen LogP contribution in [0.4, 0.5) is 0 Å². The van der Waals surface area contributed by atoms with Gasteiger partial charge in [0.15, 0.2) is 0 Å². The summed E-state index contributed by atoms with van der Waals surface area (Å²) >= 11 is 7.56. The molecule has 20 heavy (non-hydrogen) atoms. The lowest BCUT2D eigenvalue weighted by Crippen LogP contribution is -2.46. The SMILES string of the molecule is C[C@H](C(=O)N1CC[C@@H]1c1ccc(Cl)cc1)c1cccs1. The number of amides is 1. The summed E-state index contributed by atoms with van der Waals surface area (Å²) in [7, 11) is 0. The fourth-order valence-corrected chi connectivity index (χ4v) is 3.49. The maximum absolute atomic E-state index is 12.6. The van der Waals surface area contributed by atoms with Gasteiger partial charge in [0.1, 0.15) is 0 Å². The summed E-state index contributed by atoms with van der Waals surface area (Å²) in [5.41, 5.74) is 1.17. The molecule has 1 aromatic heterocycles. The van der Waals surface area contributed by atoms with E-state index in [1.165, 1.54) is 5.56 Å². The monoisotopic (exact) mass is 305 g/mol. The third-order valence-electron chi connectivity index (χ3n) is 3.90. The van der Waals surface area contributed by atoms with E-state index >= 15 is 0 Å². The number of hydrogen-bond donors (Lipinski definition) is 0. The zero-order valence-electron chi connectivity index (χ0n) is 11.3. The van der Waals surface area contributed by atoms with E-state index in [1.54, 1.807) is 11.3 Å². The minimum absolute atomic E-state index is 0.0508. The summed E-state index contributed by atoms with van der Waals surface area (Å²) in [6.45, 7) is 2.84. The molecule has 1 aliphatic heterocycles. The fourth-order valence-electron chi connectivity index (χ4n) is 2.59. The minimum atomic E-state index is -0.0508.